The highest BCUT2D eigenvalue weighted by atomic mass is 35.5. The van der Waals surface area contributed by atoms with E-state index < -0.39 is 0 Å². The van der Waals surface area contributed by atoms with E-state index >= 15 is 0 Å². The summed E-state index contributed by atoms with van der Waals surface area (Å²) in [6.07, 6.45) is 1.45. The van der Waals surface area contributed by atoms with Gasteiger partial charge in [-0.3, -0.25) is 5.10 Å². The summed E-state index contributed by atoms with van der Waals surface area (Å²) >= 11 is 5.98. The molecule has 2 aromatic rings. The SMILES string of the molecule is CC(Nc1nc(Cl)nc(N2CCOCC2)n1)c1ncn[nH]1. The average Bonchev–Trinajstić information content (AvgIpc) is 3.02. The molecule has 9 nitrogen and oxygen atoms in total. The lowest BCUT2D eigenvalue weighted by Crippen LogP contribution is -2.37. The van der Waals surface area contributed by atoms with Crippen LogP contribution in [-0.2, 0) is 4.74 Å². The predicted octanol–water partition coefficient (Wildman–Crippen LogP) is 0.653. The highest BCUT2D eigenvalue weighted by molar-refractivity contribution is 6.28. The van der Waals surface area contributed by atoms with Gasteiger partial charge in [0.1, 0.15) is 12.2 Å². The van der Waals surface area contributed by atoms with Crippen LogP contribution in [0.1, 0.15) is 18.8 Å². The maximum absolute atomic E-state index is 5.98. The largest absolute Gasteiger partial charge is 0.378 e. The van der Waals surface area contributed by atoms with Crippen molar-refractivity contribution >= 4 is 23.5 Å². The van der Waals surface area contributed by atoms with Gasteiger partial charge in [-0.25, -0.2) is 4.98 Å². The molecule has 0 radical (unpaired) electrons. The lowest BCUT2D eigenvalue weighted by Gasteiger charge is -2.26. The summed E-state index contributed by atoms with van der Waals surface area (Å²) in [6, 6.07) is -0.122. The molecular weight excluding hydrogens is 296 g/mol. The van der Waals surface area contributed by atoms with Crippen molar-refractivity contribution in [2.75, 3.05) is 36.5 Å². The van der Waals surface area contributed by atoms with Crippen LogP contribution in [-0.4, -0.2) is 56.4 Å². The summed E-state index contributed by atoms with van der Waals surface area (Å²) < 4.78 is 5.31. The number of aromatic nitrogens is 6. The van der Waals surface area contributed by atoms with Crippen LogP contribution in [0, 0.1) is 0 Å². The Morgan fingerprint density at radius 3 is 2.86 bits per heavy atom. The topological polar surface area (TPSA) is 105 Å². The van der Waals surface area contributed by atoms with Gasteiger partial charge in [-0.15, -0.1) is 0 Å². The molecule has 112 valence electrons. The van der Waals surface area contributed by atoms with E-state index in [9.17, 15) is 0 Å². The second-order valence-electron chi connectivity index (χ2n) is 4.56. The number of nitrogens with one attached hydrogen (secondary N) is 2. The summed E-state index contributed by atoms with van der Waals surface area (Å²) in [5, 5.41) is 9.89. The van der Waals surface area contributed by atoms with Crippen LogP contribution in [0.4, 0.5) is 11.9 Å². The fraction of sp³-hybridized carbons (Fsp3) is 0.545. The number of nitrogens with zero attached hydrogens (tertiary/aromatic N) is 6. The monoisotopic (exact) mass is 310 g/mol. The van der Waals surface area contributed by atoms with Gasteiger partial charge in [0.2, 0.25) is 17.2 Å². The first-order valence-corrected chi connectivity index (χ1v) is 6.96. The van der Waals surface area contributed by atoms with Crippen molar-refractivity contribution in [2.24, 2.45) is 0 Å². The minimum atomic E-state index is -0.122. The normalized spacial score (nSPS) is 16.8. The number of ether oxygens (including phenoxy) is 1. The van der Waals surface area contributed by atoms with Gasteiger partial charge in [0.05, 0.1) is 19.3 Å². The molecule has 21 heavy (non-hydrogen) atoms. The molecule has 1 unspecified atom stereocenters. The molecule has 0 aliphatic carbocycles. The molecule has 3 rings (SSSR count). The molecule has 10 heteroatoms. The fourth-order valence-corrected chi connectivity index (χ4v) is 2.15. The van der Waals surface area contributed by atoms with Gasteiger partial charge in [0, 0.05) is 13.1 Å². The Bertz CT molecular complexity index is 586. The van der Waals surface area contributed by atoms with Crippen LogP contribution < -0.4 is 10.2 Å². The third-order valence-corrected chi connectivity index (χ3v) is 3.25. The molecule has 1 atom stereocenters. The van der Waals surface area contributed by atoms with Crippen molar-refractivity contribution in [1.82, 2.24) is 30.1 Å². The van der Waals surface area contributed by atoms with Gasteiger partial charge in [0.15, 0.2) is 0 Å². The molecule has 2 N–H and O–H groups in total. The summed E-state index contributed by atoms with van der Waals surface area (Å²) in [6.45, 7) is 4.70. The minimum absolute atomic E-state index is 0.122. The zero-order valence-corrected chi connectivity index (χ0v) is 12.2. The first-order valence-electron chi connectivity index (χ1n) is 6.58. The molecule has 0 spiro atoms. The van der Waals surface area contributed by atoms with Gasteiger partial charge in [-0.05, 0) is 18.5 Å². The highest BCUT2D eigenvalue weighted by Crippen LogP contribution is 2.18. The van der Waals surface area contributed by atoms with Crippen LogP contribution in [0.15, 0.2) is 6.33 Å². The smallest absolute Gasteiger partial charge is 0.231 e. The fourth-order valence-electron chi connectivity index (χ4n) is 1.99. The van der Waals surface area contributed by atoms with Crippen LogP contribution in [0.3, 0.4) is 0 Å². The molecule has 3 heterocycles. The lowest BCUT2D eigenvalue weighted by atomic mass is 10.3. The van der Waals surface area contributed by atoms with Crippen molar-refractivity contribution in [1.29, 1.82) is 0 Å². The Kier molecular flexibility index (Phi) is 4.11. The van der Waals surface area contributed by atoms with E-state index in [1.807, 2.05) is 11.8 Å². The standard InChI is InChI=1S/C11H15ClN8O/c1-7(8-13-6-14-19-8)15-10-16-9(12)17-11(18-10)20-2-4-21-5-3-20/h6-7H,2-5H2,1H3,(H,13,14,19)(H,15,16,17,18). The molecular formula is C11H15ClN8O. The number of anilines is 2. The Morgan fingerprint density at radius 2 is 2.14 bits per heavy atom. The maximum atomic E-state index is 5.98. The lowest BCUT2D eigenvalue weighted by molar-refractivity contribution is 0.122. The molecule has 1 fully saturated rings. The molecule has 0 aromatic carbocycles. The molecule has 0 saturated carbocycles. The number of morpholine rings is 1. The van der Waals surface area contributed by atoms with Crippen LogP contribution >= 0.6 is 11.6 Å². The van der Waals surface area contributed by atoms with E-state index in [0.717, 1.165) is 13.1 Å². The summed E-state index contributed by atoms with van der Waals surface area (Å²) in [5.74, 6) is 1.64. The zero-order valence-electron chi connectivity index (χ0n) is 11.5. The van der Waals surface area contributed by atoms with Crippen molar-refractivity contribution < 1.29 is 4.74 Å². The van der Waals surface area contributed by atoms with Crippen molar-refractivity contribution in [2.45, 2.75) is 13.0 Å². The van der Waals surface area contributed by atoms with E-state index in [2.05, 4.69) is 35.5 Å². The first kappa shape index (κ1) is 14.0. The summed E-state index contributed by atoms with van der Waals surface area (Å²) in [5.41, 5.74) is 0. The maximum Gasteiger partial charge on any atom is 0.231 e. The number of hydrogen-bond acceptors (Lipinski definition) is 8. The second-order valence-corrected chi connectivity index (χ2v) is 4.90. The number of halogens is 1. The van der Waals surface area contributed by atoms with Crippen LogP contribution in [0.5, 0.6) is 0 Å². The van der Waals surface area contributed by atoms with Gasteiger partial charge in [-0.2, -0.15) is 20.1 Å². The van der Waals surface area contributed by atoms with Crippen LogP contribution in [0.2, 0.25) is 5.28 Å². The van der Waals surface area contributed by atoms with Gasteiger partial charge < -0.3 is 15.0 Å². The molecule has 1 saturated heterocycles. The van der Waals surface area contributed by atoms with Crippen molar-refractivity contribution in [3.8, 4) is 0 Å². The van der Waals surface area contributed by atoms with Crippen molar-refractivity contribution in [3.05, 3.63) is 17.4 Å². The second kappa shape index (κ2) is 6.19. The highest BCUT2D eigenvalue weighted by Gasteiger charge is 2.17. The third kappa shape index (κ3) is 3.37. The third-order valence-electron chi connectivity index (χ3n) is 3.08. The zero-order chi connectivity index (χ0) is 14.7. The van der Waals surface area contributed by atoms with E-state index in [-0.39, 0.29) is 11.3 Å². The number of aromatic amines is 1. The number of H-pyrrole nitrogens is 1. The molecule has 2 aromatic heterocycles. The molecule has 1 aliphatic rings. The molecule has 0 bridgehead atoms. The van der Waals surface area contributed by atoms with E-state index in [0.29, 0.717) is 30.9 Å². The molecule has 0 amide bonds. The van der Waals surface area contributed by atoms with Gasteiger partial charge in [0.25, 0.3) is 0 Å². The van der Waals surface area contributed by atoms with Gasteiger partial charge in [-0.1, -0.05) is 0 Å². The van der Waals surface area contributed by atoms with E-state index in [4.69, 9.17) is 16.3 Å². The number of rotatable bonds is 4. The van der Waals surface area contributed by atoms with Crippen LogP contribution in [0.25, 0.3) is 0 Å². The van der Waals surface area contributed by atoms with Crippen molar-refractivity contribution in [3.63, 3.8) is 0 Å². The number of hydrogen-bond donors (Lipinski definition) is 2. The van der Waals surface area contributed by atoms with Gasteiger partial charge >= 0.3 is 0 Å². The Labute approximate surface area is 126 Å². The average molecular weight is 311 g/mol. The predicted molar refractivity (Wildman–Crippen MR) is 76.3 cm³/mol. The Hall–Kier alpha value is -2.00. The quantitative estimate of drug-likeness (QED) is 0.848. The van der Waals surface area contributed by atoms with E-state index in [1.165, 1.54) is 6.33 Å². The summed E-state index contributed by atoms with van der Waals surface area (Å²) in [7, 11) is 0. The Morgan fingerprint density at radius 1 is 1.33 bits per heavy atom. The van der Waals surface area contributed by atoms with E-state index in [1.54, 1.807) is 0 Å². The molecule has 1 aliphatic heterocycles. The first-order chi connectivity index (χ1) is 10.2. The Balaban J connectivity index is 1.77. The minimum Gasteiger partial charge on any atom is -0.378 e. The summed E-state index contributed by atoms with van der Waals surface area (Å²) in [4.78, 5) is 18.8.